The number of hydrogen-bond donors (Lipinski definition) is 2. The van der Waals surface area contributed by atoms with Crippen LogP contribution in [0, 0.1) is 12.8 Å². The zero-order valence-corrected chi connectivity index (χ0v) is 20.1. The van der Waals surface area contributed by atoms with Gasteiger partial charge < -0.3 is 14.8 Å². The lowest BCUT2D eigenvalue weighted by atomic mass is 9.97. The number of aromatic nitrogens is 3. The second-order valence-electron chi connectivity index (χ2n) is 8.01. The molecule has 0 unspecified atom stereocenters. The van der Waals surface area contributed by atoms with Gasteiger partial charge in [0.1, 0.15) is 5.82 Å². The number of aromatic amines is 1. The van der Waals surface area contributed by atoms with Crippen LogP contribution >= 0.6 is 0 Å². The van der Waals surface area contributed by atoms with Crippen molar-refractivity contribution >= 4 is 21.6 Å². The molecule has 0 atom stereocenters. The number of ether oxygens (including phenoxy) is 2. The van der Waals surface area contributed by atoms with Crippen LogP contribution in [0.1, 0.15) is 18.7 Å². The van der Waals surface area contributed by atoms with Crippen molar-refractivity contribution in [1.29, 1.82) is 0 Å². The maximum absolute atomic E-state index is 13.1. The Balaban J connectivity index is 1.39. The van der Waals surface area contributed by atoms with E-state index in [4.69, 9.17) is 9.47 Å². The van der Waals surface area contributed by atoms with E-state index >= 15 is 0 Å². The summed E-state index contributed by atoms with van der Waals surface area (Å²) in [4.78, 5) is 17.3. The molecule has 11 heteroatoms. The van der Waals surface area contributed by atoms with Crippen molar-refractivity contribution in [2.75, 3.05) is 32.6 Å². The van der Waals surface area contributed by atoms with Gasteiger partial charge in [0.05, 0.1) is 19.1 Å². The lowest BCUT2D eigenvalue weighted by Gasteiger charge is -2.30. The number of nitrogens with zero attached hydrogens (tertiary/aromatic N) is 3. The van der Waals surface area contributed by atoms with Crippen molar-refractivity contribution in [3.8, 4) is 22.9 Å². The first-order valence-corrected chi connectivity index (χ1v) is 12.3. The normalized spacial score (nSPS) is 15.1. The van der Waals surface area contributed by atoms with Crippen molar-refractivity contribution in [3.05, 3.63) is 48.3 Å². The minimum absolute atomic E-state index is 0.132. The second-order valence-corrected chi connectivity index (χ2v) is 9.95. The van der Waals surface area contributed by atoms with Crippen LogP contribution in [-0.4, -0.2) is 61.1 Å². The molecule has 1 aliphatic heterocycles. The van der Waals surface area contributed by atoms with Gasteiger partial charge >= 0.3 is 0 Å². The van der Waals surface area contributed by atoms with Crippen LogP contribution in [-0.2, 0) is 14.8 Å². The number of benzene rings is 2. The van der Waals surface area contributed by atoms with Gasteiger partial charge in [-0.15, -0.1) is 0 Å². The molecule has 4 rings (SSSR count). The number of aryl methyl sites for hydroxylation is 1. The first kappa shape index (κ1) is 23.7. The van der Waals surface area contributed by atoms with Crippen LogP contribution in [0.25, 0.3) is 11.4 Å². The summed E-state index contributed by atoms with van der Waals surface area (Å²) in [6.07, 6.45) is 0.857. The van der Waals surface area contributed by atoms with Crippen molar-refractivity contribution in [1.82, 2.24) is 19.5 Å². The van der Waals surface area contributed by atoms with E-state index in [9.17, 15) is 13.2 Å². The molecule has 1 saturated heterocycles. The Kier molecular flexibility index (Phi) is 6.85. The summed E-state index contributed by atoms with van der Waals surface area (Å²) in [5, 5.41) is 9.89. The molecule has 34 heavy (non-hydrogen) atoms. The SMILES string of the molecule is COc1ccc(S(=O)(=O)N2CCC(C(=O)Nc3cccc(-c4n[nH]c(C)n4)c3)CC2)cc1OC. The van der Waals surface area contributed by atoms with Gasteiger partial charge in [0.15, 0.2) is 17.3 Å². The molecule has 180 valence electrons. The molecular formula is C23H27N5O5S. The van der Waals surface area contributed by atoms with Crippen LogP contribution in [0.5, 0.6) is 11.5 Å². The van der Waals surface area contributed by atoms with Gasteiger partial charge in [-0.2, -0.15) is 9.40 Å². The molecule has 10 nitrogen and oxygen atoms in total. The summed E-state index contributed by atoms with van der Waals surface area (Å²) in [6, 6.07) is 11.8. The van der Waals surface area contributed by atoms with Crippen molar-refractivity contribution in [2.45, 2.75) is 24.7 Å². The lowest BCUT2D eigenvalue weighted by Crippen LogP contribution is -2.41. The second kappa shape index (κ2) is 9.82. The van der Waals surface area contributed by atoms with E-state index in [0.717, 1.165) is 5.56 Å². The molecule has 2 heterocycles. The van der Waals surface area contributed by atoms with E-state index in [0.29, 0.717) is 41.7 Å². The molecule has 3 aromatic rings. The number of hydrogen-bond acceptors (Lipinski definition) is 7. The summed E-state index contributed by atoms with van der Waals surface area (Å²) < 4.78 is 38.0. The Bertz CT molecular complexity index is 1280. The Hall–Kier alpha value is -3.44. The van der Waals surface area contributed by atoms with Gasteiger partial charge in [-0.05, 0) is 44.0 Å². The monoisotopic (exact) mass is 485 g/mol. The van der Waals surface area contributed by atoms with Crippen LogP contribution in [0.15, 0.2) is 47.4 Å². The molecule has 0 bridgehead atoms. The lowest BCUT2D eigenvalue weighted by molar-refractivity contribution is -0.120. The number of methoxy groups -OCH3 is 2. The Morgan fingerprint density at radius 1 is 1.09 bits per heavy atom. The van der Waals surface area contributed by atoms with E-state index in [1.807, 2.05) is 25.1 Å². The fourth-order valence-electron chi connectivity index (χ4n) is 3.94. The number of piperidine rings is 1. The van der Waals surface area contributed by atoms with E-state index in [-0.39, 0.29) is 29.8 Å². The highest BCUT2D eigenvalue weighted by atomic mass is 32.2. The van der Waals surface area contributed by atoms with Crippen LogP contribution in [0.4, 0.5) is 5.69 Å². The largest absolute Gasteiger partial charge is 0.493 e. The third kappa shape index (κ3) is 4.90. The number of sulfonamides is 1. The molecule has 0 spiro atoms. The number of amides is 1. The average Bonchev–Trinajstić information content (AvgIpc) is 3.30. The Labute approximate surface area is 198 Å². The number of nitrogens with one attached hydrogen (secondary N) is 2. The third-order valence-electron chi connectivity index (χ3n) is 5.80. The summed E-state index contributed by atoms with van der Waals surface area (Å²) >= 11 is 0. The van der Waals surface area contributed by atoms with Gasteiger partial charge in [0, 0.05) is 36.3 Å². The molecular weight excluding hydrogens is 458 g/mol. The summed E-state index contributed by atoms with van der Waals surface area (Å²) in [7, 11) is -0.761. The molecule has 2 aromatic carbocycles. The molecule has 2 N–H and O–H groups in total. The smallest absolute Gasteiger partial charge is 0.243 e. The van der Waals surface area contributed by atoms with Gasteiger partial charge in [0.2, 0.25) is 15.9 Å². The molecule has 1 aromatic heterocycles. The Morgan fingerprint density at radius 3 is 2.47 bits per heavy atom. The highest BCUT2D eigenvalue weighted by molar-refractivity contribution is 7.89. The van der Waals surface area contributed by atoms with Crippen LogP contribution in [0.2, 0.25) is 0 Å². The van der Waals surface area contributed by atoms with Crippen LogP contribution in [0.3, 0.4) is 0 Å². The van der Waals surface area contributed by atoms with E-state index < -0.39 is 10.0 Å². The van der Waals surface area contributed by atoms with E-state index in [2.05, 4.69) is 20.5 Å². The molecule has 0 radical (unpaired) electrons. The molecule has 0 aliphatic carbocycles. The molecule has 1 aliphatic rings. The van der Waals surface area contributed by atoms with Gasteiger partial charge in [-0.25, -0.2) is 13.4 Å². The first-order valence-electron chi connectivity index (χ1n) is 10.8. The highest BCUT2D eigenvalue weighted by Crippen LogP contribution is 2.32. The predicted molar refractivity (Wildman–Crippen MR) is 126 cm³/mol. The summed E-state index contributed by atoms with van der Waals surface area (Å²) in [6.45, 7) is 2.33. The number of rotatable bonds is 7. The van der Waals surface area contributed by atoms with E-state index in [1.54, 1.807) is 12.1 Å². The minimum atomic E-state index is -3.71. The number of carbonyl (C=O) groups excluding carboxylic acids is 1. The average molecular weight is 486 g/mol. The quantitative estimate of drug-likeness (QED) is 0.527. The molecule has 1 fully saturated rings. The minimum Gasteiger partial charge on any atom is -0.493 e. The summed E-state index contributed by atoms with van der Waals surface area (Å²) in [5.41, 5.74) is 1.43. The fraction of sp³-hybridized carbons (Fsp3) is 0.348. The van der Waals surface area contributed by atoms with Gasteiger partial charge in [-0.1, -0.05) is 12.1 Å². The Morgan fingerprint density at radius 2 is 1.82 bits per heavy atom. The van der Waals surface area contributed by atoms with Crippen LogP contribution < -0.4 is 14.8 Å². The number of H-pyrrole nitrogens is 1. The standard InChI is InChI=1S/C23H27N5O5S/c1-15-24-22(27-26-15)17-5-4-6-18(13-17)25-23(29)16-9-11-28(12-10-16)34(30,31)19-7-8-20(32-2)21(14-19)33-3/h4-8,13-14,16H,9-12H2,1-3H3,(H,25,29)(H,24,26,27). The van der Waals surface area contributed by atoms with Crippen molar-refractivity contribution in [3.63, 3.8) is 0 Å². The molecule has 0 saturated carbocycles. The highest BCUT2D eigenvalue weighted by Gasteiger charge is 2.32. The van der Waals surface area contributed by atoms with E-state index in [1.165, 1.54) is 30.7 Å². The predicted octanol–water partition coefficient (Wildman–Crippen LogP) is 2.84. The van der Waals surface area contributed by atoms with Gasteiger partial charge in [0.25, 0.3) is 0 Å². The maximum Gasteiger partial charge on any atom is 0.243 e. The number of carbonyl (C=O) groups is 1. The first-order chi connectivity index (χ1) is 16.3. The van der Waals surface area contributed by atoms with Crippen molar-refractivity contribution in [2.24, 2.45) is 5.92 Å². The third-order valence-corrected chi connectivity index (χ3v) is 7.70. The zero-order chi connectivity index (χ0) is 24.3. The maximum atomic E-state index is 13.1. The molecule has 1 amide bonds. The van der Waals surface area contributed by atoms with Gasteiger partial charge in [-0.3, -0.25) is 9.89 Å². The topological polar surface area (TPSA) is 127 Å². The summed E-state index contributed by atoms with van der Waals surface area (Å²) in [5.74, 6) is 1.65. The van der Waals surface area contributed by atoms with Crippen molar-refractivity contribution < 1.29 is 22.7 Å². The number of anilines is 1. The zero-order valence-electron chi connectivity index (χ0n) is 19.2. The fourth-order valence-corrected chi connectivity index (χ4v) is 5.42.